The van der Waals surface area contributed by atoms with Gasteiger partial charge in [0.05, 0.1) is 0 Å². The second-order valence-electron chi connectivity index (χ2n) is 5.74. The minimum absolute atomic E-state index is 0.336. The van der Waals surface area contributed by atoms with Crippen LogP contribution in [0.15, 0.2) is 30.3 Å². The van der Waals surface area contributed by atoms with E-state index in [-0.39, 0.29) is 0 Å². The molecular weight excluding hydrogens is 222 g/mol. The number of piperidine rings is 1. The number of nitrogens with zero attached hydrogens (tertiary/aromatic N) is 1. The molecule has 0 aromatic heterocycles. The summed E-state index contributed by atoms with van der Waals surface area (Å²) >= 11 is 0. The van der Waals surface area contributed by atoms with Crippen LogP contribution >= 0.6 is 0 Å². The lowest BCUT2D eigenvalue weighted by atomic mass is 9.92. The van der Waals surface area contributed by atoms with Crippen LogP contribution < -0.4 is 0 Å². The molecule has 0 saturated carbocycles. The van der Waals surface area contributed by atoms with Gasteiger partial charge < -0.3 is 5.11 Å². The van der Waals surface area contributed by atoms with E-state index in [9.17, 15) is 5.11 Å². The Morgan fingerprint density at radius 2 is 2.00 bits per heavy atom. The predicted molar refractivity (Wildman–Crippen MR) is 75.7 cm³/mol. The molecule has 2 heteroatoms. The van der Waals surface area contributed by atoms with Crippen LogP contribution in [0, 0.1) is 5.92 Å². The van der Waals surface area contributed by atoms with Gasteiger partial charge in [0, 0.05) is 25.7 Å². The number of rotatable bonds is 4. The molecule has 1 aromatic carbocycles. The molecule has 0 amide bonds. The van der Waals surface area contributed by atoms with Crippen molar-refractivity contribution in [1.82, 2.24) is 4.90 Å². The lowest BCUT2D eigenvalue weighted by Crippen LogP contribution is -2.44. The average molecular weight is 247 g/mol. The number of likely N-dealkylation sites (tertiary alicyclic amines) is 1. The molecule has 1 aromatic rings. The fraction of sp³-hybridized carbons (Fsp3) is 0.625. The first-order valence-corrected chi connectivity index (χ1v) is 7.10. The highest BCUT2D eigenvalue weighted by molar-refractivity contribution is 5.19. The van der Waals surface area contributed by atoms with Crippen LogP contribution in [0.1, 0.15) is 38.2 Å². The third kappa shape index (κ3) is 3.33. The Bertz CT molecular complexity index is 351. The molecule has 3 unspecified atom stereocenters. The van der Waals surface area contributed by atoms with Crippen molar-refractivity contribution in [2.45, 2.75) is 38.6 Å². The fourth-order valence-electron chi connectivity index (χ4n) is 2.90. The van der Waals surface area contributed by atoms with Crippen molar-refractivity contribution in [3.05, 3.63) is 35.9 Å². The van der Waals surface area contributed by atoms with Crippen LogP contribution in [0.4, 0.5) is 0 Å². The quantitative estimate of drug-likeness (QED) is 0.884. The Labute approximate surface area is 111 Å². The van der Waals surface area contributed by atoms with E-state index in [1.54, 1.807) is 0 Å². The Kier molecular flexibility index (Phi) is 4.79. The van der Waals surface area contributed by atoms with E-state index in [1.165, 1.54) is 18.4 Å². The summed E-state index contributed by atoms with van der Waals surface area (Å²) in [5.41, 5.74) is 1.41. The lowest BCUT2D eigenvalue weighted by Gasteiger charge is -2.38. The number of hydrogen-bond acceptors (Lipinski definition) is 2. The van der Waals surface area contributed by atoms with Crippen LogP contribution in [-0.2, 0) is 0 Å². The molecule has 1 aliphatic heterocycles. The molecule has 1 N–H and O–H groups in total. The summed E-state index contributed by atoms with van der Waals surface area (Å²) in [6, 6.07) is 11.4. The zero-order chi connectivity index (χ0) is 13.0. The summed E-state index contributed by atoms with van der Waals surface area (Å²) in [6.07, 6.45) is 2.39. The molecule has 1 heterocycles. The zero-order valence-corrected chi connectivity index (χ0v) is 11.5. The molecule has 1 saturated heterocycles. The SMILES string of the molecule is CC(CN1CC(CO)CCC1C)c1ccccc1. The highest BCUT2D eigenvalue weighted by Crippen LogP contribution is 2.25. The molecule has 1 fully saturated rings. The van der Waals surface area contributed by atoms with E-state index in [0.717, 1.165) is 13.1 Å². The van der Waals surface area contributed by atoms with Crippen molar-refractivity contribution >= 4 is 0 Å². The molecule has 0 bridgehead atoms. The van der Waals surface area contributed by atoms with E-state index in [0.29, 0.717) is 24.5 Å². The highest BCUT2D eigenvalue weighted by atomic mass is 16.3. The van der Waals surface area contributed by atoms with Crippen LogP contribution in [-0.4, -0.2) is 35.7 Å². The van der Waals surface area contributed by atoms with Gasteiger partial charge in [0.1, 0.15) is 0 Å². The van der Waals surface area contributed by atoms with E-state index < -0.39 is 0 Å². The van der Waals surface area contributed by atoms with Crippen LogP contribution in [0.5, 0.6) is 0 Å². The molecule has 3 atom stereocenters. The molecular formula is C16H25NO. The van der Waals surface area contributed by atoms with Gasteiger partial charge in [-0.3, -0.25) is 4.90 Å². The van der Waals surface area contributed by atoms with Crippen molar-refractivity contribution in [2.24, 2.45) is 5.92 Å². The maximum absolute atomic E-state index is 9.32. The summed E-state index contributed by atoms with van der Waals surface area (Å²) < 4.78 is 0. The van der Waals surface area contributed by atoms with Crippen LogP contribution in [0.2, 0.25) is 0 Å². The van der Waals surface area contributed by atoms with Crippen molar-refractivity contribution in [2.75, 3.05) is 19.7 Å². The largest absolute Gasteiger partial charge is 0.396 e. The summed E-state index contributed by atoms with van der Waals surface area (Å²) in [5, 5.41) is 9.32. The Hall–Kier alpha value is -0.860. The third-order valence-corrected chi connectivity index (χ3v) is 4.24. The molecule has 0 spiro atoms. The molecule has 1 aliphatic rings. The smallest absolute Gasteiger partial charge is 0.0471 e. The van der Waals surface area contributed by atoms with Gasteiger partial charge in [0.2, 0.25) is 0 Å². The standard InChI is InChI=1S/C16H25NO/c1-13(16-6-4-3-5-7-16)10-17-11-15(12-18)9-8-14(17)2/h3-7,13-15,18H,8-12H2,1-2H3. The van der Waals surface area contributed by atoms with Gasteiger partial charge in [0.15, 0.2) is 0 Å². The number of benzene rings is 1. The second-order valence-corrected chi connectivity index (χ2v) is 5.74. The lowest BCUT2D eigenvalue weighted by molar-refractivity contribution is 0.0790. The number of aliphatic hydroxyl groups excluding tert-OH is 1. The molecule has 18 heavy (non-hydrogen) atoms. The maximum atomic E-state index is 9.32. The maximum Gasteiger partial charge on any atom is 0.0471 e. The summed E-state index contributed by atoms with van der Waals surface area (Å²) in [7, 11) is 0. The highest BCUT2D eigenvalue weighted by Gasteiger charge is 2.26. The monoisotopic (exact) mass is 247 g/mol. The van der Waals surface area contributed by atoms with Crippen molar-refractivity contribution in [3.63, 3.8) is 0 Å². The van der Waals surface area contributed by atoms with Gasteiger partial charge in [-0.2, -0.15) is 0 Å². The van der Waals surface area contributed by atoms with E-state index in [1.807, 2.05) is 0 Å². The predicted octanol–water partition coefficient (Wildman–Crippen LogP) is 2.88. The Morgan fingerprint density at radius 3 is 2.67 bits per heavy atom. The van der Waals surface area contributed by atoms with E-state index >= 15 is 0 Å². The van der Waals surface area contributed by atoms with Gasteiger partial charge in [-0.1, -0.05) is 37.3 Å². The van der Waals surface area contributed by atoms with Crippen molar-refractivity contribution in [3.8, 4) is 0 Å². The Balaban J connectivity index is 1.95. The van der Waals surface area contributed by atoms with Gasteiger partial charge in [0.25, 0.3) is 0 Å². The summed E-state index contributed by atoms with van der Waals surface area (Å²) in [6.45, 7) is 7.09. The molecule has 100 valence electrons. The van der Waals surface area contributed by atoms with E-state index in [4.69, 9.17) is 0 Å². The Morgan fingerprint density at radius 1 is 1.28 bits per heavy atom. The summed E-state index contributed by atoms with van der Waals surface area (Å²) in [5.74, 6) is 1.04. The first-order chi connectivity index (χ1) is 8.70. The fourth-order valence-corrected chi connectivity index (χ4v) is 2.90. The second kappa shape index (κ2) is 6.35. The topological polar surface area (TPSA) is 23.5 Å². The summed E-state index contributed by atoms with van der Waals surface area (Å²) in [4.78, 5) is 2.54. The van der Waals surface area contributed by atoms with Gasteiger partial charge in [-0.15, -0.1) is 0 Å². The number of hydrogen-bond donors (Lipinski definition) is 1. The first kappa shape index (κ1) is 13.6. The average Bonchev–Trinajstić information content (AvgIpc) is 2.42. The molecule has 0 aliphatic carbocycles. The van der Waals surface area contributed by atoms with Gasteiger partial charge in [-0.25, -0.2) is 0 Å². The molecule has 2 rings (SSSR count). The minimum atomic E-state index is 0.336. The van der Waals surface area contributed by atoms with E-state index in [2.05, 4.69) is 49.1 Å². The zero-order valence-electron chi connectivity index (χ0n) is 11.5. The first-order valence-electron chi connectivity index (χ1n) is 7.10. The minimum Gasteiger partial charge on any atom is -0.396 e. The van der Waals surface area contributed by atoms with Crippen molar-refractivity contribution < 1.29 is 5.11 Å². The molecule has 0 radical (unpaired) electrons. The third-order valence-electron chi connectivity index (χ3n) is 4.24. The molecule has 2 nitrogen and oxygen atoms in total. The van der Waals surface area contributed by atoms with Gasteiger partial charge >= 0.3 is 0 Å². The van der Waals surface area contributed by atoms with Crippen molar-refractivity contribution in [1.29, 1.82) is 0 Å². The van der Waals surface area contributed by atoms with Crippen LogP contribution in [0.3, 0.4) is 0 Å². The van der Waals surface area contributed by atoms with Crippen LogP contribution in [0.25, 0.3) is 0 Å². The normalized spacial score (nSPS) is 27.1. The number of aliphatic hydroxyl groups is 1. The van der Waals surface area contributed by atoms with Gasteiger partial charge in [-0.05, 0) is 37.2 Å².